The van der Waals surface area contributed by atoms with Crippen molar-refractivity contribution in [1.29, 1.82) is 0 Å². The number of hydrogen-bond donors (Lipinski definition) is 0. The van der Waals surface area contributed by atoms with E-state index in [1.165, 1.54) is 33.4 Å². The normalized spacial score (nSPS) is 14.4. The summed E-state index contributed by atoms with van der Waals surface area (Å²) in [6.07, 6.45) is 8.63. The van der Waals surface area contributed by atoms with Gasteiger partial charge in [-0.1, -0.05) is 27.7 Å². The summed E-state index contributed by atoms with van der Waals surface area (Å²) in [6.45, 7) is 12.9. The SMILES string of the molecule is CC1=[C-]CC(C)=C1C.CC1=[C-]CC(C)=C1C.Cl.Cl.[CH3-].[CH3-].[SiH2]=[Ti]. The van der Waals surface area contributed by atoms with E-state index in [4.69, 9.17) is 0 Å². The van der Waals surface area contributed by atoms with Crippen molar-refractivity contribution in [3.8, 4) is 0 Å². The van der Waals surface area contributed by atoms with E-state index < -0.39 is 0 Å². The van der Waals surface area contributed by atoms with Gasteiger partial charge in [-0.3, -0.25) is 12.2 Å². The molecule has 0 aromatic rings. The van der Waals surface area contributed by atoms with Crippen molar-refractivity contribution >= 4 is 32.4 Å². The van der Waals surface area contributed by atoms with Crippen LogP contribution >= 0.6 is 24.8 Å². The Morgan fingerprint density at radius 3 is 0.955 bits per heavy atom. The Labute approximate surface area is 165 Å². The molecule has 0 atom stereocenters. The van der Waals surface area contributed by atoms with Crippen LogP contribution in [0.1, 0.15) is 54.4 Å². The zero-order valence-corrected chi connectivity index (χ0v) is 20.0. The molecule has 0 aliphatic heterocycles. The molecule has 0 N–H and O–H groups in total. The van der Waals surface area contributed by atoms with E-state index in [2.05, 4.69) is 53.7 Å². The molecule has 22 heavy (non-hydrogen) atoms. The molecule has 2 rings (SSSR count). The van der Waals surface area contributed by atoms with E-state index in [0.29, 0.717) is 0 Å². The molecule has 0 amide bonds. The molecule has 0 saturated heterocycles. The van der Waals surface area contributed by atoms with Crippen LogP contribution in [-0.4, -0.2) is 7.63 Å². The summed E-state index contributed by atoms with van der Waals surface area (Å²) >= 11 is 2.03. The Balaban J connectivity index is -0.0000000676. The first-order valence-corrected chi connectivity index (χ1v) is 10.3. The fourth-order valence-corrected chi connectivity index (χ4v) is 1.70. The molecular weight excluding hydrogens is 363 g/mol. The summed E-state index contributed by atoms with van der Waals surface area (Å²) in [6, 6.07) is 0. The van der Waals surface area contributed by atoms with Gasteiger partial charge in [0.25, 0.3) is 0 Å². The third kappa shape index (κ3) is 11.1. The minimum absolute atomic E-state index is 0. The Bertz CT molecular complexity index is 381. The van der Waals surface area contributed by atoms with Crippen LogP contribution in [0.5, 0.6) is 0 Å². The maximum atomic E-state index is 3.26. The van der Waals surface area contributed by atoms with Crippen molar-refractivity contribution in [2.75, 3.05) is 0 Å². The first-order chi connectivity index (χ1) is 8.43. The van der Waals surface area contributed by atoms with E-state index >= 15 is 0 Å². The van der Waals surface area contributed by atoms with Crippen LogP contribution in [-0.2, 0) is 19.2 Å². The Morgan fingerprint density at radius 2 is 0.909 bits per heavy atom. The summed E-state index contributed by atoms with van der Waals surface area (Å²) in [5.41, 5.74) is 8.49. The van der Waals surface area contributed by atoms with Gasteiger partial charge < -0.3 is 14.9 Å². The van der Waals surface area contributed by atoms with Crippen molar-refractivity contribution in [3.63, 3.8) is 0 Å². The molecule has 0 aromatic carbocycles. The average Bonchev–Trinajstić information content (AvgIpc) is 2.83. The molecule has 2 aliphatic carbocycles. The van der Waals surface area contributed by atoms with Crippen LogP contribution in [0.4, 0.5) is 0 Å². The quantitative estimate of drug-likeness (QED) is 0.360. The Morgan fingerprint density at radius 1 is 0.682 bits per heavy atom. The van der Waals surface area contributed by atoms with Crippen LogP contribution in [0.2, 0.25) is 0 Å². The topological polar surface area (TPSA) is 0 Å². The van der Waals surface area contributed by atoms with Crippen LogP contribution < -0.4 is 0 Å². The molecule has 0 radical (unpaired) electrons. The number of hydrogen-bond acceptors (Lipinski definition) is 0. The molecule has 0 heterocycles. The van der Waals surface area contributed by atoms with Gasteiger partial charge in [0.05, 0.1) is 0 Å². The summed E-state index contributed by atoms with van der Waals surface area (Å²) < 4.78 is 0. The molecule has 0 saturated carbocycles. The van der Waals surface area contributed by atoms with Gasteiger partial charge in [-0.15, -0.1) is 51.5 Å². The molecule has 0 fully saturated rings. The predicted molar refractivity (Wildman–Crippen MR) is 107 cm³/mol. The molecule has 4 heteroatoms. The van der Waals surface area contributed by atoms with Crippen molar-refractivity contribution < 1.29 is 19.2 Å². The van der Waals surface area contributed by atoms with Gasteiger partial charge in [-0.25, -0.2) is 11.1 Å². The number of halogens is 2. The zero-order chi connectivity index (χ0) is 14.3. The van der Waals surface area contributed by atoms with E-state index in [1.54, 1.807) is 0 Å². The van der Waals surface area contributed by atoms with Crippen LogP contribution in [0.3, 0.4) is 0 Å². The fourth-order valence-electron chi connectivity index (χ4n) is 1.70. The van der Waals surface area contributed by atoms with Gasteiger partial charge in [0, 0.05) is 0 Å². The van der Waals surface area contributed by atoms with Gasteiger partial charge in [0.15, 0.2) is 0 Å². The number of rotatable bonds is 0. The third-order valence-electron chi connectivity index (χ3n) is 3.64. The van der Waals surface area contributed by atoms with E-state index in [9.17, 15) is 0 Å². The summed E-state index contributed by atoms with van der Waals surface area (Å²) in [4.78, 5) is 0. The average molecular weight is 395 g/mol. The molecule has 130 valence electrons. The van der Waals surface area contributed by atoms with E-state index in [-0.39, 0.29) is 39.7 Å². The molecule has 0 unspecified atom stereocenters. The number of allylic oxidation sites excluding steroid dienone is 8. The second-order valence-electron chi connectivity index (χ2n) is 4.77. The monoisotopic (exact) mass is 394 g/mol. The Kier molecular flexibility index (Phi) is 27.5. The second-order valence-corrected chi connectivity index (χ2v) is 4.77. The minimum atomic E-state index is 0. The van der Waals surface area contributed by atoms with Gasteiger partial charge in [0.1, 0.15) is 0 Å². The van der Waals surface area contributed by atoms with Crippen molar-refractivity contribution in [2.24, 2.45) is 0 Å². The summed E-state index contributed by atoms with van der Waals surface area (Å²) in [5.74, 6) is 0. The molecule has 0 spiro atoms. The van der Waals surface area contributed by atoms with Crippen molar-refractivity contribution in [1.82, 2.24) is 0 Å². The van der Waals surface area contributed by atoms with Gasteiger partial charge >= 0.3 is 26.8 Å². The Hall–Kier alpha value is 0.471. The van der Waals surface area contributed by atoms with E-state index in [0.717, 1.165) is 12.8 Å². The fraction of sp³-hybridized carbons (Fsp3) is 0.444. The molecule has 0 nitrogen and oxygen atoms in total. The van der Waals surface area contributed by atoms with Crippen LogP contribution in [0.25, 0.3) is 0 Å². The van der Waals surface area contributed by atoms with Gasteiger partial charge in [-0.2, -0.15) is 22.3 Å². The van der Waals surface area contributed by atoms with Crippen molar-refractivity contribution in [3.05, 3.63) is 60.4 Å². The summed E-state index contributed by atoms with van der Waals surface area (Å²) in [5, 5.41) is 0. The molecule has 0 bridgehead atoms. The van der Waals surface area contributed by atoms with E-state index in [1.807, 2.05) is 26.8 Å². The standard InChI is InChI=1S/2C8H11.2CH3.2ClH.H2Si.Ti/c2*1-6-4-5-7(2)8(6)3;;;;;;/h2*4H2,1-3H3;2*1H3;2*1H;1H2;/q4*-1;;;;. The predicted octanol–water partition coefficient (Wildman–Crippen LogP) is 5.78. The van der Waals surface area contributed by atoms with Crippen molar-refractivity contribution in [2.45, 2.75) is 54.4 Å². The summed E-state index contributed by atoms with van der Waals surface area (Å²) in [7, 11) is 1.86. The zero-order valence-electron chi connectivity index (χ0n) is 15.4. The molecule has 0 aromatic heterocycles. The third-order valence-corrected chi connectivity index (χ3v) is 3.64. The first-order valence-electron chi connectivity index (χ1n) is 6.27. The molecular formula is C18H32Cl2SiTi-4. The second kappa shape index (κ2) is 17.8. The van der Waals surface area contributed by atoms with Crippen LogP contribution in [0.15, 0.2) is 33.4 Å². The van der Waals surface area contributed by atoms with Gasteiger partial charge in [0.2, 0.25) is 0 Å². The maximum absolute atomic E-state index is 3.26. The first kappa shape index (κ1) is 33.9. The van der Waals surface area contributed by atoms with Gasteiger partial charge in [-0.05, 0) is 0 Å². The molecule has 2 aliphatic rings. The van der Waals surface area contributed by atoms with Crippen LogP contribution in [0, 0.1) is 27.0 Å².